The molecule has 0 bridgehead atoms. The Labute approximate surface area is 97.6 Å². The lowest BCUT2D eigenvalue weighted by Gasteiger charge is -2.09. The maximum Gasteiger partial charge on any atom is 0.0991 e. The molecule has 2 aromatic rings. The minimum Gasteiger partial charge on any atom is -0.388 e. The average Bonchev–Trinajstić information content (AvgIpc) is 2.82. The molecule has 4 heteroatoms. The van der Waals surface area contributed by atoms with Gasteiger partial charge in [-0.15, -0.1) is 11.3 Å². The molecule has 0 fully saturated rings. The SMILES string of the molecule is N#Cc1ccc(C(O)Cc2cncs2)cc1. The zero-order valence-electron chi connectivity index (χ0n) is 8.50. The first-order valence-corrected chi connectivity index (χ1v) is 5.73. The normalized spacial score (nSPS) is 12.0. The van der Waals surface area contributed by atoms with E-state index in [4.69, 9.17) is 5.26 Å². The van der Waals surface area contributed by atoms with Crippen LogP contribution in [0.4, 0.5) is 0 Å². The molecule has 3 nitrogen and oxygen atoms in total. The molecule has 0 aliphatic carbocycles. The van der Waals surface area contributed by atoms with E-state index in [1.54, 1.807) is 36.0 Å². The molecule has 0 aliphatic heterocycles. The summed E-state index contributed by atoms with van der Waals surface area (Å²) in [5, 5.41) is 18.6. The number of nitrogens with zero attached hydrogens (tertiary/aromatic N) is 2. The lowest BCUT2D eigenvalue weighted by Crippen LogP contribution is -2.00. The first-order valence-electron chi connectivity index (χ1n) is 4.85. The Balaban J connectivity index is 2.09. The molecular weight excluding hydrogens is 220 g/mol. The number of aromatic nitrogens is 1. The van der Waals surface area contributed by atoms with Crippen molar-refractivity contribution in [2.45, 2.75) is 12.5 Å². The number of hydrogen-bond donors (Lipinski definition) is 1. The molecular formula is C12H10N2OS. The van der Waals surface area contributed by atoms with Gasteiger partial charge in [0.1, 0.15) is 0 Å². The third kappa shape index (κ3) is 2.45. The lowest BCUT2D eigenvalue weighted by molar-refractivity contribution is 0.179. The Kier molecular flexibility index (Phi) is 3.30. The molecule has 0 amide bonds. The third-order valence-corrected chi connectivity index (χ3v) is 3.10. The third-order valence-electron chi connectivity index (χ3n) is 2.30. The smallest absolute Gasteiger partial charge is 0.0991 e. The second-order valence-electron chi connectivity index (χ2n) is 3.42. The van der Waals surface area contributed by atoms with Crippen LogP contribution in [0.15, 0.2) is 36.0 Å². The quantitative estimate of drug-likeness (QED) is 0.880. The number of benzene rings is 1. The van der Waals surface area contributed by atoms with Crippen molar-refractivity contribution in [3.8, 4) is 6.07 Å². The molecule has 2 rings (SSSR count). The molecule has 1 heterocycles. The van der Waals surface area contributed by atoms with Crippen molar-refractivity contribution >= 4 is 11.3 Å². The Morgan fingerprint density at radius 3 is 2.69 bits per heavy atom. The van der Waals surface area contributed by atoms with Gasteiger partial charge in [-0.05, 0) is 17.7 Å². The fourth-order valence-electron chi connectivity index (χ4n) is 1.43. The molecule has 1 unspecified atom stereocenters. The summed E-state index contributed by atoms with van der Waals surface area (Å²) in [6, 6.07) is 9.04. The van der Waals surface area contributed by atoms with Crippen molar-refractivity contribution in [1.82, 2.24) is 4.98 Å². The molecule has 0 saturated carbocycles. The van der Waals surface area contributed by atoms with E-state index in [9.17, 15) is 5.11 Å². The molecule has 1 aromatic carbocycles. The zero-order chi connectivity index (χ0) is 11.4. The molecule has 0 radical (unpaired) electrons. The zero-order valence-corrected chi connectivity index (χ0v) is 9.31. The van der Waals surface area contributed by atoms with Crippen LogP contribution in [0.3, 0.4) is 0 Å². The predicted molar refractivity (Wildman–Crippen MR) is 61.9 cm³/mol. The van der Waals surface area contributed by atoms with Gasteiger partial charge in [-0.1, -0.05) is 12.1 Å². The van der Waals surface area contributed by atoms with Crippen molar-refractivity contribution in [1.29, 1.82) is 5.26 Å². The Morgan fingerprint density at radius 2 is 2.12 bits per heavy atom. The highest BCUT2D eigenvalue weighted by atomic mass is 32.1. The van der Waals surface area contributed by atoms with Crippen LogP contribution < -0.4 is 0 Å². The Bertz CT molecular complexity index is 485. The van der Waals surface area contributed by atoms with Gasteiger partial charge >= 0.3 is 0 Å². The largest absolute Gasteiger partial charge is 0.388 e. The molecule has 1 aromatic heterocycles. The summed E-state index contributed by atoms with van der Waals surface area (Å²) in [5.74, 6) is 0. The summed E-state index contributed by atoms with van der Waals surface area (Å²) in [6.07, 6.45) is 1.79. The van der Waals surface area contributed by atoms with Gasteiger partial charge in [0, 0.05) is 17.5 Å². The number of thiazole rings is 1. The molecule has 0 spiro atoms. The van der Waals surface area contributed by atoms with E-state index < -0.39 is 6.10 Å². The Morgan fingerprint density at radius 1 is 1.38 bits per heavy atom. The maximum absolute atomic E-state index is 9.95. The van der Waals surface area contributed by atoms with Crippen LogP contribution in [0.25, 0.3) is 0 Å². The number of aliphatic hydroxyl groups is 1. The van der Waals surface area contributed by atoms with Gasteiger partial charge < -0.3 is 5.11 Å². The van der Waals surface area contributed by atoms with Crippen LogP contribution in [0.2, 0.25) is 0 Å². The van der Waals surface area contributed by atoms with E-state index in [0.29, 0.717) is 12.0 Å². The highest BCUT2D eigenvalue weighted by Gasteiger charge is 2.09. The van der Waals surface area contributed by atoms with E-state index in [1.165, 1.54) is 11.3 Å². The Hall–Kier alpha value is -1.70. The van der Waals surface area contributed by atoms with Crippen LogP contribution in [0.5, 0.6) is 0 Å². The number of aliphatic hydroxyl groups excluding tert-OH is 1. The first-order chi connectivity index (χ1) is 7.79. The van der Waals surface area contributed by atoms with Crippen LogP contribution >= 0.6 is 11.3 Å². The molecule has 0 aliphatic rings. The van der Waals surface area contributed by atoms with Gasteiger partial charge in [-0.3, -0.25) is 4.98 Å². The van der Waals surface area contributed by atoms with E-state index in [0.717, 1.165) is 10.4 Å². The topological polar surface area (TPSA) is 56.9 Å². The summed E-state index contributed by atoms with van der Waals surface area (Å²) in [5.41, 5.74) is 3.18. The molecule has 16 heavy (non-hydrogen) atoms. The van der Waals surface area contributed by atoms with Gasteiger partial charge in [0.05, 0.1) is 23.2 Å². The van der Waals surface area contributed by atoms with Crippen molar-refractivity contribution in [3.05, 3.63) is 52.0 Å². The number of rotatable bonds is 3. The minimum absolute atomic E-state index is 0.534. The first kappa shape index (κ1) is 10.8. The number of hydrogen-bond acceptors (Lipinski definition) is 4. The van der Waals surface area contributed by atoms with Gasteiger partial charge in [-0.25, -0.2) is 0 Å². The summed E-state index contributed by atoms with van der Waals surface area (Å²) in [6.45, 7) is 0. The predicted octanol–water partition coefficient (Wildman–Crippen LogP) is 2.29. The van der Waals surface area contributed by atoms with Crippen molar-refractivity contribution < 1.29 is 5.11 Å². The summed E-state index contributed by atoms with van der Waals surface area (Å²) >= 11 is 1.53. The fourth-order valence-corrected chi connectivity index (χ4v) is 2.06. The highest BCUT2D eigenvalue weighted by Crippen LogP contribution is 2.20. The molecule has 1 atom stereocenters. The van der Waals surface area contributed by atoms with Crippen molar-refractivity contribution in [3.63, 3.8) is 0 Å². The molecule has 0 saturated heterocycles. The van der Waals surface area contributed by atoms with Gasteiger partial charge in [-0.2, -0.15) is 5.26 Å². The van der Waals surface area contributed by atoms with Crippen LogP contribution in [-0.4, -0.2) is 10.1 Å². The van der Waals surface area contributed by atoms with Crippen molar-refractivity contribution in [2.75, 3.05) is 0 Å². The van der Waals surface area contributed by atoms with E-state index >= 15 is 0 Å². The summed E-state index contributed by atoms with van der Waals surface area (Å²) in [7, 11) is 0. The van der Waals surface area contributed by atoms with Gasteiger partial charge in [0.2, 0.25) is 0 Å². The van der Waals surface area contributed by atoms with Crippen molar-refractivity contribution in [2.24, 2.45) is 0 Å². The standard InChI is InChI=1S/C12H10N2OS/c13-6-9-1-3-10(4-2-9)12(15)5-11-7-14-8-16-11/h1-4,7-8,12,15H,5H2. The van der Waals surface area contributed by atoms with Crippen LogP contribution in [0, 0.1) is 11.3 Å². The average molecular weight is 230 g/mol. The van der Waals surface area contributed by atoms with Crippen LogP contribution in [-0.2, 0) is 6.42 Å². The fraction of sp³-hybridized carbons (Fsp3) is 0.167. The summed E-state index contributed by atoms with van der Waals surface area (Å²) in [4.78, 5) is 5.01. The highest BCUT2D eigenvalue weighted by molar-refractivity contribution is 7.09. The monoisotopic (exact) mass is 230 g/mol. The minimum atomic E-state index is -0.534. The lowest BCUT2D eigenvalue weighted by atomic mass is 10.0. The number of nitriles is 1. The van der Waals surface area contributed by atoms with E-state index in [1.807, 2.05) is 6.07 Å². The van der Waals surface area contributed by atoms with Crippen LogP contribution in [0.1, 0.15) is 22.1 Å². The summed E-state index contributed by atoms with van der Waals surface area (Å²) < 4.78 is 0. The van der Waals surface area contributed by atoms with Gasteiger partial charge in [0.25, 0.3) is 0 Å². The van der Waals surface area contributed by atoms with Gasteiger partial charge in [0.15, 0.2) is 0 Å². The maximum atomic E-state index is 9.95. The second kappa shape index (κ2) is 4.88. The molecule has 1 N–H and O–H groups in total. The van der Waals surface area contributed by atoms with E-state index in [2.05, 4.69) is 4.98 Å². The second-order valence-corrected chi connectivity index (χ2v) is 4.39. The molecule has 80 valence electrons. The van der Waals surface area contributed by atoms with E-state index in [-0.39, 0.29) is 0 Å².